The molecule has 0 aliphatic heterocycles. The Kier molecular flexibility index (Phi) is 7.70. The molecule has 5 heteroatoms. The Balaban J connectivity index is 2.11. The second-order valence-electron chi connectivity index (χ2n) is 4.75. The summed E-state index contributed by atoms with van der Waals surface area (Å²) in [5, 5.41) is 6.00. The van der Waals surface area contributed by atoms with E-state index in [4.69, 9.17) is 0 Å². The fourth-order valence-corrected chi connectivity index (χ4v) is 2.05. The van der Waals surface area contributed by atoms with Crippen LogP contribution in [0.15, 0.2) is 28.7 Å². The molecule has 0 bridgehead atoms. The first-order valence-corrected chi connectivity index (χ1v) is 7.28. The van der Waals surface area contributed by atoms with Gasteiger partial charge in [-0.25, -0.2) is 0 Å². The van der Waals surface area contributed by atoms with E-state index in [0.717, 1.165) is 36.1 Å². The Bertz CT molecular complexity index is 396. The van der Waals surface area contributed by atoms with Gasteiger partial charge in [0, 0.05) is 10.2 Å². The monoisotopic (exact) mass is 327 g/mol. The van der Waals surface area contributed by atoms with Crippen LogP contribution in [0.3, 0.4) is 0 Å². The smallest absolute Gasteiger partial charge is 0.238 e. The third-order valence-electron chi connectivity index (χ3n) is 2.60. The van der Waals surface area contributed by atoms with Crippen LogP contribution in [0, 0.1) is 0 Å². The minimum absolute atomic E-state index is 0.00860. The highest BCUT2D eigenvalue weighted by Crippen LogP contribution is 2.15. The Morgan fingerprint density at radius 1 is 1.32 bits per heavy atom. The number of benzene rings is 1. The SMILES string of the molecule is CN(C)CCCCNCC(=O)Nc1cccc(Br)c1. The van der Waals surface area contributed by atoms with Gasteiger partial charge in [0.05, 0.1) is 6.54 Å². The van der Waals surface area contributed by atoms with E-state index in [2.05, 4.69) is 45.6 Å². The number of carbonyl (C=O) groups excluding carboxylic acids is 1. The first-order chi connectivity index (χ1) is 9.08. The van der Waals surface area contributed by atoms with Crippen molar-refractivity contribution >= 4 is 27.5 Å². The maximum absolute atomic E-state index is 11.7. The molecule has 0 unspecified atom stereocenters. The summed E-state index contributed by atoms with van der Waals surface area (Å²) in [5.41, 5.74) is 0.814. The van der Waals surface area contributed by atoms with Crippen molar-refractivity contribution in [1.82, 2.24) is 10.2 Å². The molecule has 1 aromatic carbocycles. The molecule has 0 spiro atoms. The zero-order chi connectivity index (χ0) is 14.1. The Hall–Kier alpha value is -0.910. The van der Waals surface area contributed by atoms with Crippen LogP contribution >= 0.6 is 15.9 Å². The van der Waals surface area contributed by atoms with Crippen LogP contribution in [-0.4, -0.2) is 44.5 Å². The van der Waals surface area contributed by atoms with Crippen molar-refractivity contribution in [2.45, 2.75) is 12.8 Å². The summed E-state index contributed by atoms with van der Waals surface area (Å²) in [4.78, 5) is 13.8. The molecule has 0 aliphatic rings. The van der Waals surface area contributed by atoms with Crippen molar-refractivity contribution in [3.8, 4) is 0 Å². The molecule has 1 aromatic rings. The van der Waals surface area contributed by atoms with Crippen molar-refractivity contribution in [3.63, 3.8) is 0 Å². The molecule has 1 amide bonds. The molecule has 2 N–H and O–H groups in total. The number of hydrogen-bond donors (Lipinski definition) is 2. The van der Waals surface area contributed by atoms with Crippen molar-refractivity contribution < 1.29 is 4.79 Å². The van der Waals surface area contributed by atoms with E-state index >= 15 is 0 Å². The first kappa shape index (κ1) is 16.1. The van der Waals surface area contributed by atoms with E-state index in [0.29, 0.717) is 6.54 Å². The molecule has 19 heavy (non-hydrogen) atoms. The van der Waals surface area contributed by atoms with E-state index in [9.17, 15) is 4.79 Å². The number of hydrogen-bond acceptors (Lipinski definition) is 3. The predicted octanol–water partition coefficient (Wildman–Crippen LogP) is 2.32. The minimum atomic E-state index is -0.00860. The largest absolute Gasteiger partial charge is 0.325 e. The van der Waals surface area contributed by atoms with E-state index in [1.54, 1.807) is 0 Å². The summed E-state index contributed by atoms with van der Waals surface area (Å²) in [6.07, 6.45) is 2.23. The van der Waals surface area contributed by atoms with E-state index in [-0.39, 0.29) is 5.91 Å². The number of carbonyl (C=O) groups is 1. The van der Waals surface area contributed by atoms with Crippen LogP contribution < -0.4 is 10.6 Å². The lowest BCUT2D eigenvalue weighted by atomic mass is 10.3. The zero-order valence-electron chi connectivity index (χ0n) is 11.6. The lowest BCUT2D eigenvalue weighted by Crippen LogP contribution is -2.29. The van der Waals surface area contributed by atoms with E-state index in [1.807, 2.05) is 24.3 Å². The number of unbranched alkanes of at least 4 members (excludes halogenated alkanes) is 1. The summed E-state index contributed by atoms with van der Waals surface area (Å²) < 4.78 is 0.960. The van der Waals surface area contributed by atoms with Gasteiger partial charge >= 0.3 is 0 Å². The molecule has 0 saturated heterocycles. The van der Waals surface area contributed by atoms with Crippen LogP contribution in [0.2, 0.25) is 0 Å². The first-order valence-electron chi connectivity index (χ1n) is 6.49. The number of rotatable bonds is 8. The fraction of sp³-hybridized carbons (Fsp3) is 0.500. The molecule has 0 heterocycles. The molecule has 1 rings (SSSR count). The van der Waals surface area contributed by atoms with Gasteiger partial charge in [0.15, 0.2) is 0 Å². The topological polar surface area (TPSA) is 44.4 Å². The highest BCUT2D eigenvalue weighted by atomic mass is 79.9. The Labute approximate surface area is 123 Å². The van der Waals surface area contributed by atoms with Gasteiger partial charge in [-0.2, -0.15) is 0 Å². The van der Waals surface area contributed by atoms with Gasteiger partial charge in [-0.15, -0.1) is 0 Å². The van der Waals surface area contributed by atoms with Crippen LogP contribution in [0.1, 0.15) is 12.8 Å². The molecule has 0 radical (unpaired) electrons. The van der Waals surface area contributed by atoms with Gasteiger partial charge in [0.25, 0.3) is 0 Å². The fourth-order valence-electron chi connectivity index (χ4n) is 1.65. The summed E-state index contributed by atoms with van der Waals surface area (Å²) in [5.74, 6) is -0.00860. The molecule has 4 nitrogen and oxygen atoms in total. The highest BCUT2D eigenvalue weighted by molar-refractivity contribution is 9.10. The van der Waals surface area contributed by atoms with Gasteiger partial charge in [-0.3, -0.25) is 4.79 Å². The van der Waals surface area contributed by atoms with E-state index in [1.165, 1.54) is 0 Å². The molecule has 0 atom stereocenters. The maximum Gasteiger partial charge on any atom is 0.238 e. The average molecular weight is 328 g/mol. The summed E-state index contributed by atoms with van der Waals surface area (Å²) in [6.45, 7) is 2.32. The quantitative estimate of drug-likeness (QED) is 0.720. The number of halogens is 1. The van der Waals surface area contributed by atoms with E-state index < -0.39 is 0 Å². The van der Waals surface area contributed by atoms with Crippen molar-refractivity contribution in [2.24, 2.45) is 0 Å². The normalized spacial score (nSPS) is 10.7. The van der Waals surface area contributed by atoms with Gasteiger partial charge in [0.1, 0.15) is 0 Å². The second-order valence-corrected chi connectivity index (χ2v) is 5.66. The lowest BCUT2D eigenvalue weighted by Gasteiger charge is -2.09. The van der Waals surface area contributed by atoms with Gasteiger partial charge in [-0.05, 0) is 58.2 Å². The molecule has 0 aliphatic carbocycles. The molecule has 0 saturated carbocycles. The second kappa shape index (κ2) is 9.07. The number of nitrogens with one attached hydrogen (secondary N) is 2. The molecular weight excluding hydrogens is 306 g/mol. The number of nitrogens with zero attached hydrogens (tertiary/aromatic N) is 1. The summed E-state index contributed by atoms with van der Waals surface area (Å²) in [7, 11) is 4.14. The zero-order valence-corrected chi connectivity index (χ0v) is 13.2. The average Bonchev–Trinajstić information content (AvgIpc) is 2.33. The van der Waals surface area contributed by atoms with Crippen LogP contribution in [-0.2, 0) is 4.79 Å². The minimum Gasteiger partial charge on any atom is -0.325 e. The number of amides is 1. The highest BCUT2D eigenvalue weighted by Gasteiger charge is 2.01. The number of anilines is 1. The predicted molar refractivity (Wildman–Crippen MR) is 83.4 cm³/mol. The van der Waals surface area contributed by atoms with Crippen LogP contribution in [0.25, 0.3) is 0 Å². The molecule has 106 valence electrons. The standard InChI is InChI=1S/C14H22BrN3O/c1-18(2)9-4-3-8-16-11-14(19)17-13-7-5-6-12(15)10-13/h5-7,10,16H,3-4,8-9,11H2,1-2H3,(H,17,19). The molecular formula is C14H22BrN3O. The van der Waals surface area contributed by atoms with Gasteiger partial charge < -0.3 is 15.5 Å². The van der Waals surface area contributed by atoms with Gasteiger partial charge in [-0.1, -0.05) is 22.0 Å². The van der Waals surface area contributed by atoms with Crippen molar-refractivity contribution in [2.75, 3.05) is 39.0 Å². The lowest BCUT2D eigenvalue weighted by molar-refractivity contribution is -0.115. The van der Waals surface area contributed by atoms with Crippen molar-refractivity contribution in [1.29, 1.82) is 0 Å². The maximum atomic E-state index is 11.7. The molecule has 0 fully saturated rings. The van der Waals surface area contributed by atoms with Crippen LogP contribution in [0.4, 0.5) is 5.69 Å². The van der Waals surface area contributed by atoms with Gasteiger partial charge in [0.2, 0.25) is 5.91 Å². The van der Waals surface area contributed by atoms with Crippen LogP contribution in [0.5, 0.6) is 0 Å². The van der Waals surface area contributed by atoms with Crippen molar-refractivity contribution in [3.05, 3.63) is 28.7 Å². The third-order valence-corrected chi connectivity index (χ3v) is 3.10. The summed E-state index contributed by atoms with van der Waals surface area (Å²) >= 11 is 3.37. The Morgan fingerprint density at radius 3 is 2.79 bits per heavy atom. The Morgan fingerprint density at radius 2 is 2.11 bits per heavy atom. The third kappa shape index (κ3) is 7.97. The summed E-state index contributed by atoms with van der Waals surface area (Å²) in [6, 6.07) is 7.59. The molecule has 0 aromatic heterocycles.